The molecule has 3 rings (SSSR count). The van der Waals surface area contributed by atoms with Crippen molar-refractivity contribution in [3.8, 4) is 0 Å². The minimum atomic E-state index is -1.03. The summed E-state index contributed by atoms with van der Waals surface area (Å²) in [4.78, 5) is 36.6. The van der Waals surface area contributed by atoms with Gasteiger partial charge in [-0.25, -0.2) is 19.7 Å². The molecule has 2 aromatic heterocycles. The predicted molar refractivity (Wildman–Crippen MR) is 106 cm³/mol. The Morgan fingerprint density at radius 3 is 2.90 bits per heavy atom. The van der Waals surface area contributed by atoms with Crippen LogP contribution in [0.3, 0.4) is 0 Å². The third-order valence-corrected chi connectivity index (χ3v) is 5.24. The van der Waals surface area contributed by atoms with E-state index in [0.717, 1.165) is 6.42 Å². The Kier molecular flexibility index (Phi) is 7.00. The number of rotatable bonds is 8. The summed E-state index contributed by atoms with van der Waals surface area (Å²) in [5.41, 5.74) is 0.858. The second-order valence-corrected chi connectivity index (χ2v) is 7.36. The highest BCUT2D eigenvalue weighted by Crippen LogP contribution is 2.32. The molecule has 1 saturated heterocycles. The number of hydrogen-bond acceptors (Lipinski definition) is 9. The molecular weight excluding hydrogens is 400 g/mol. The number of anilines is 1. The van der Waals surface area contributed by atoms with Crippen molar-refractivity contribution < 1.29 is 24.5 Å². The summed E-state index contributed by atoms with van der Waals surface area (Å²) in [5, 5.41) is 24.5. The SMILES string of the molecule is CCC(O)C(C=O)NC(=O)Nc1nc(SC)nc2c1ncn2C1CC[C@@H](CO)O1. The van der Waals surface area contributed by atoms with E-state index in [1.165, 1.54) is 11.8 Å². The number of carbonyl (C=O) groups excluding carboxylic acids is 2. The molecule has 0 saturated carbocycles. The van der Waals surface area contributed by atoms with Gasteiger partial charge in [0.15, 0.2) is 22.1 Å². The molecule has 4 atom stereocenters. The zero-order valence-corrected chi connectivity index (χ0v) is 16.9. The van der Waals surface area contributed by atoms with Gasteiger partial charge in [0.25, 0.3) is 0 Å². The Bertz CT molecular complexity index is 877. The number of carbonyl (C=O) groups is 2. The number of ether oxygens (including phenoxy) is 1. The number of thioether (sulfide) groups is 1. The van der Waals surface area contributed by atoms with E-state index in [2.05, 4.69) is 25.6 Å². The predicted octanol–water partition coefficient (Wildman–Crippen LogP) is 0.678. The number of aromatic nitrogens is 4. The lowest BCUT2D eigenvalue weighted by Gasteiger charge is -2.18. The molecule has 1 aliphatic rings. The summed E-state index contributed by atoms with van der Waals surface area (Å²) in [6.07, 6.45) is 4.07. The quantitative estimate of drug-likeness (QED) is 0.272. The Hall–Kier alpha value is -2.28. The van der Waals surface area contributed by atoms with Crippen LogP contribution in [-0.4, -0.2) is 73.2 Å². The molecule has 3 unspecified atom stereocenters. The fourth-order valence-corrected chi connectivity index (χ4v) is 3.44. The molecule has 0 aromatic carbocycles. The summed E-state index contributed by atoms with van der Waals surface area (Å²) in [6.45, 7) is 1.65. The van der Waals surface area contributed by atoms with Gasteiger partial charge in [0.05, 0.1) is 25.1 Å². The number of fused-ring (bicyclic) bond motifs is 1. The van der Waals surface area contributed by atoms with Crippen LogP contribution in [0.2, 0.25) is 0 Å². The van der Waals surface area contributed by atoms with Gasteiger partial charge in [0.1, 0.15) is 18.6 Å². The normalized spacial score (nSPS) is 21.1. The van der Waals surface area contributed by atoms with Crippen molar-refractivity contribution in [3.63, 3.8) is 0 Å². The highest BCUT2D eigenvalue weighted by molar-refractivity contribution is 7.98. The fraction of sp³-hybridized carbons (Fsp3) is 0.588. The highest BCUT2D eigenvalue weighted by atomic mass is 32.2. The van der Waals surface area contributed by atoms with Gasteiger partial charge in [-0.3, -0.25) is 9.88 Å². The van der Waals surface area contributed by atoms with E-state index in [1.807, 2.05) is 0 Å². The molecule has 11 nitrogen and oxygen atoms in total. The third kappa shape index (κ3) is 4.66. The number of nitrogens with zero attached hydrogens (tertiary/aromatic N) is 4. The summed E-state index contributed by atoms with van der Waals surface area (Å²) in [6, 6.07) is -1.72. The highest BCUT2D eigenvalue weighted by Gasteiger charge is 2.28. The van der Waals surface area contributed by atoms with Crippen LogP contribution in [0, 0.1) is 0 Å². The Morgan fingerprint density at radius 2 is 2.28 bits per heavy atom. The molecule has 0 spiro atoms. The first-order valence-corrected chi connectivity index (χ1v) is 10.5. The van der Waals surface area contributed by atoms with Crippen molar-refractivity contribution in [1.29, 1.82) is 0 Å². The van der Waals surface area contributed by atoms with Gasteiger partial charge in [-0.05, 0) is 25.5 Å². The van der Waals surface area contributed by atoms with Gasteiger partial charge in [-0.1, -0.05) is 18.7 Å². The number of amides is 2. The van der Waals surface area contributed by atoms with E-state index in [1.54, 1.807) is 24.1 Å². The second-order valence-electron chi connectivity index (χ2n) is 6.59. The van der Waals surface area contributed by atoms with Crippen LogP contribution in [0.1, 0.15) is 32.4 Å². The number of urea groups is 1. The van der Waals surface area contributed by atoms with Gasteiger partial charge < -0.3 is 25.1 Å². The molecule has 158 valence electrons. The minimum absolute atomic E-state index is 0.0529. The number of aldehydes is 1. The topological polar surface area (TPSA) is 151 Å². The van der Waals surface area contributed by atoms with E-state index in [-0.39, 0.29) is 24.8 Å². The van der Waals surface area contributed by atoms with E-state index < -0.39 is 18.2 Å². The van der Waals surface area contributed by atoms with Crippen molar-refractivity contribution in [1.82, 2.24) is 24.8 Å². The van der Waals surface area contributed by atoms with Gasteiger partial charge in [0, 0.05) is 0 Å². The molecule has 12 heteroatoms. The average molecular weight is 424 g/mol. The molecule has 1 aliphatic heterocycles. The Morgan fingerprint density at radius 1 is 1.48 bits per heavy atom. The van der Waals surface area contributed by atoms with Crippen molar-refractivity contribution in [2.24, 2.45) is 0 Å². The van der Waals surface area contributed by atoms with Crippen molar-refractivity contribution in [2.75, 3.05) is 18.2 Å². The lowest BCUT2D eigenvalue weighted by Crippen LogP contribution is -2.46. The van der Waals surface area contributed by atoms with Crippen molar-refractivity contribution in [3.05, 3.63) is 6.33 Å². The van der Waals surface area contributed by atoms with E-state index in [4.69, 9.17) is 4.74 Å². The molecule has 3 heterocycles. The maximum atomic E-state index is 12.3. The Labute approximate surface area is 171 Å². The lowest BCUT2D eigenvalue weighted by atomic mass is 10.1. The second kappa shape index (κ2) is 9.48. The minimum Gasteiger partial charge on any atom is -0.394 e. The molecule has 29 heavy (non-hydrogen) atoms. The maximum absolute atomic E-state index is 12.3. The zero-order chi connectivity index (χ0) is 21.0. The number of aliphatic hydroxyl groups excluding tert-OH is 2. The van der Waals surface area contributed by atoms with Crippen LogP contribution in [0.15, 0.2) is 11.5 Å². The number of imidazole rings is 1. The molecule has 1 fully saturated rings. The van der Waals surface area contributed by atoms with Gasteiger partial charge in [-0.2, -0.15) is 0 Å². The molecule has 0 bridgehead atoms. The zero-order valence-electron chi connectivity index (χ0n) is 16.1. The molecule has 2 aromatic rings. The first-order chi connectivity index (χ1) is 14.0. The molecule has 0 aliphatic carbocycles. The largest absolute Gasteiger partial charge is 0.394 e. The maximum Gasteiger partial charge on any atom is 0.321 e. The lowest BCUT2D eigenvalue weighted by molar-refractivity contribution is -0.111. The van der Waals surface area contributed by atoms with Gasteiger partial charge >= 0.3 is 6.03 Å². The van der Waals surface area contributed by atoms with E-state index in [0.29, 0.717) is 35.4 Å². The summed E-state index contributed by atoms with van der Waals surface area (Å²) in [7, 11) is 0. The molecular formula is C17H24N6O5S. The van der Waals surface area contributed by atoms with Gasteiger partial charge in [-0.15, -0.1) is 0 Å². The van der Waals surface area contributed by atoms with E-state index in [9.17, 15) is 19.8 Å². The first kappa shape index (κ1) is 21.4. The van der Waals surface area contributed by atoms with Crippen LogP contribution in [0.4, 0.5) is 10.6 Å². The number of hydrogen-bond donors (Lipinski definition) is 4. The van der Waals surface area contributed by atoms with Crippen LogP contribution in [-0.2, 0) is 9.53 Å². The summed E-state index contributed by atoms with van der Waals surface area (Å²) in [5.74, 6) is 0.183. The van der Waals surface area contributed by atoms with Crippen LogP contribution < -0.4 is 10.6 Å². The monoisotopic (exact) mass is 424 g/mol. The first-order valence-electron chi connectivity index (χ1n) is 9.26. The average Bonchev–Trinajstić information content (AvgIpc) is 3.37. The molecule has 4 N–H and O–H groups in total. The van der Waals surface area contributed by atoms with E-state index >= 15 is 0 Å². The standard InChI is InChI=1S/C17H24N6O5S/c1-3-11(26)10(7-25)19-16(27)20-14-13-15(22-17(21-14)29-2)23(8-18-13)12-5-4-9(6-24)28-12/h7-12,24,26H,3-6H2,1-2H3,(H2,19,20,21,22,27)/t9-,10?,11?,12?/m0/s1. The van der Waals surface area contributed by atoms with Crippen molar-refractivity contribution in [2.45, 2.75) is 55.8 Å². The Balaban J connectivity index is 1.86. The smallest absolute Gasteiger partial charge is 0.321 e. The fourth-order valence-electron chi connectivity index (χ4n) is 3.08. The number of aliphatic hydroxyl groups is 2. The van der Waals surface area contributed by atoms with Crippen molar-refractivity contribution >= 4 is 41.1 Å². The molecule has 2 amide bonds. The third-order valence-electron chi connectivity index (χ3n) is 4.69. The van der Waals surface area contributed by atoms with Crippen LogP contribution in [0.25, 0.3) is 11.2 Å². The number of nitrogens with one attached hydrogen (secondary N) is 2. The summed E-state index contributed by atoms with van der Waals surface area (Å²) >= 11 is 1.30. The van der Waals surface area contributed by atoms with Crippen LogP contribution >= 0.6 is 11.8 Å². The molecule has 0 radical (unpaired) electrons. The van der Waals surface area contributed by atoms with Crippen LogP contribution in [0.5, 0.6) is 0 Å². The van der Waals surface area contributed by atoms with Gasteiger partial charge in [0.2, 0.25) is 0 Å². The summed E-state index contributed by atoms with van der Waals surface area (Å²) < 4.78 is 7.56.